The summed E-state index contributed by atoms with van der Waals surface area (Å²) in [5.41, 5.74) is -0.469. The van der Waals surface area contributed by atoms with Crippen molar-refractivity contribution in [3.8, 4) is 5.88 Å². The van der Waals surface area contributed by atoms with E-state index in [1.54, 1.807) is 0 Å². The zero-order valence-corrected chi connectivity index (χ0v) is 9.05. The SMILES string of the molecule is O=S1(=O)NCC2(CC2)Oc2ncc(F)cc21.[HH]. The molecule has 1 saturated carbocycles. The maximum absolute atomic E-state index is 13.0. The standard InChI is InChI=1S/C9H9FN2O3S.H2/c10-6-3-7-8(11-4-6)15-9(1-2-9)5-12-16(7,13)14;/h3-4,12H,1-2,5H2;1H. The number of pyridine rings is 1. The minimum atomic E-state index is -3.71. The first-order valence-corrected chi connectivity index (χ1v) is 6.33. The molecule has 0 amide bonds. The number of hydrogen-bond acceptors (Lipinski definition) is 4. The summed E-state index contributed by atoms with van der Waals surface area (Å²) in [6.45, 7) is 0.216. The van der Waals surface area contributed by atoms with Crippen LogP contribution in [0.5, 0.6) is 5.88 Å². The van der Waals surface area contributed by atoms with Crippen LogP contribution >= 0.6 is 0 Å². The average Bonchev–Trinajstić information content (AvgIpc) is 2.99. The number of rotatable bonds is 0. The zero-order valence-electron chi connectivity index (χ0n) is 8.23. The van der Waals surface area contributed by atoms with Crippen molar-refractivity contribution in [2.75, 3.05) is 6.54 Å². The Hall–Kier alpha value is -1.21. The third kappa shape index (κ3) is 1.47. The number of fused-ring (bicyclic) bond motifs is 1. The van der Waals surface area contributed by atoms with Gasteiger partial charge in [-0.1, -0.05) is 0 Å². The summed E-state index contributed by atoms with van der Waals surface area (Å²) in [7, 11) is -3.71. The lowest BCUT2D eigenvalue weighted by molar-refractivity contribution is 0.173. The van der Waals surface area contributed by atoms with Crippen molar-refractivity contribution in [2.24, 2.45) is 0 Å². The second-order valence-electron chi connectivity index (χ2n) is 4.07. The Bertz CT molecular complexity index is 559. The molecule has 0 unspecified atom stereocenters. The molecule has 7 heteroatoms. The molecule has 1 aliphatic carbocycles. The second-order valence-corrected chi connectivity index (χ2v) is 5.80. The first-order chi connectivity index (χ1) is 7.51. The van der Waals surface area contributed by atoms with E-state index in [1.807, 2.05) is 0 Å². The van der Waals surface area contributed by atoms with Gasteiger partial charge in [0, 0.05) is 7.49 Å². The average molecular weight is 246 g/mol. The Morgan fingerprint density at radius 3 is 3.00 bits per heavy atom. The summed E-state index contributed by atoms with van der Waals surface area (Å²) in [4.78, 5) is 3.47. The quantitative estimate of drug-likeness (QED) is 0.730. The number of hydrogen-bond donors (Lipinski definition) is 1. The molecule has 0 radical (unpaired) electrons. The van der Waals surface area contributed by atoms with E-state index in [1.165, 1.54) is 0 Å². The minimum Gasteiger partial charge on any atom is -0.469 e. The highest BCUT2D eigenvalue weighted by atomic mass is 32.2. The molecule has 1 aromatic rings. The van der Waals surface area contributed by atoms with E-state index in [4.69, 9.17) is 4.74 Å². The fraction of sp³-hybridized carbons (Fsp3) is 0.444. The maximum atomic E-state index is 13.0. The maximum Gasteiger partial charge on any atom is 0.246 e. The van der Waals surface area contributed by atoms with Crippen molar-refractivity contribution < 1.29 is 19.0 Å². The lowest BCUT2D eigenvalue weighted by Gasteiger charge is -2.12. The lowest BCUT2D eigenvalue weighted by atomic mass is 10.3. The fourth-order valence-corrected chi connectivity index (χ4v) is 2.84. The number of aromatic nitrogens is 1. The smallest absolute Gasteiger partial charge is 0.246 e. The number of nitrogens with one attached hydrogen (secondary N) is 1. The molecule has 2 aliphatic rings. The van der Waals surface area contributed by atoms with Crippen LogP contribution in [-0.2, 0) is 10.0 Å². The lowest BCUT2D eigenvalue weighted by Crippen LogP contribution is -2.33. The molecule has 0 bridgehead atoms. The van der Waals surface area contributed by atoms with Crippen molar-refractivity contribution in [3.63, 3.8) is 0 Å². The molecule has 1 fully saturated rings. The van der Waals surface area contributed by atoms with Crippen LogP contribution in [0.1, 0.15) is 14.3 Å². The summed E-state index contributed by atoms with van der Waals surface area (Å²) in [5.74, 6) is -0.705. The summed E-state index contributed by atoms with van der Waals surface area (Å²) >= 11 is 0. The fourth-order valence-electron chi connectivity index (χ4n) is 1.64. The predicted octanol–water partition coefficient (Wildman–Crippen LogP) is 0.670. The van der Waals surface area contributed by atoms with E-state index < -0.39 is 21.4 Å². The van der Waals surface area contributed by atoms with Gasteiger partial charge in [0.05, 0.1) is 12.7 Å². The predicted molar refractivity (Wildman–Crippen MR) is 54.1 cm³/mol. The van der Waals surface area contributed by atoms with Gasteiger partial charge in [-0.15, -0.1) is 0 Å². The molecule has 5 nitrogen and oxygen atoms in total. The highest BCUT2D eigenvalue weighted by molar-refractivity contribution is 7.89. The molecule has 3 rings (SSSR count). The van der Waals surface area contributed by atoms with E-state index in [-0.39, 0.29) is 18.7 Å². The van der Waals surface area contributed by atoms with Crippen LogP contribution in [0.3, 0.4) is 0 Å². The molecule has 1 aliphatic heterocycles. The van der Waals surface area contributed by atoms with Gasteiger partial charge in [-0.2, -0.15) is 0 Å². The van der Waals surface area contributed by atoms with Crippen LogP contribution in [-0.4, -0.2) is 25.5 Å². The van der Waals surface area contributed by atoms with Crippen molar-refractivity contribution >= 4 is 10.0 Å². The molecule has 0 saturated heterocycles. The third-order valence-electron chi connectivity index (χ3n) is 2.78. The molecule has 1 N–H and O–H groups in total. The molecule has 1 aromatic heterocycles. The van der Waals surface area contributed by atoms with Crippen molar-refractivity contribution in [3.05, 3.63) is 18.1 Å². The largest absolute Gasteiger partial charge is 0.469 e. The third-order valence-corrected chi connectivity index (χ3v) is 4.18. The van der Waals surface area contributed by atoms with Gasteiger partial charge in [0.15, 0.2) is 0 Å². The van der Waals surface area contributed by atoms with E-state index >= 15 is 0 Å². The van der Waals surface area contributed by atoms with E-state index in [0.717, 1.165) is 25.1 Å². The van der Waals surface area contributed by atoms with Gasteiger partial charge in [0.1, 0.15) is 16.3 Å². The summed E-state index contributed by atoms with van der Waals surface area (Å²) in [6.07, 6.45) is 2.53. The van der Waals surface area contributed by atoms with Crippen LogP contribution < -0.4 is 9.46 Å². The van der Waals surface area contributed by atoms with Gasteiger partial charge in [-0.05, 0) is 12.8 Å². The monoisotopic (exact) mass is 246 g/mol. The summed E-state index contributed by atoms with van der Waals surface area (Å²) in [6, 6.07) is 0.923. The van der Waals surface area contributed by atoms with Gasteiger partial charge in [0.25, 0.3) is 0 Å². The number of nitrogens with zero attached hydrogens (tertiary/aromatic N) is 1. The highest BCUT2D eigenvalue weighted by Gasteiger charge is 2.49. The van der Waals surface area contributed by atoms with Gasteiger partial charge in [-0.3, -0.25) is 0 Å². The van der Waals surface area contributed by atoms with Crippen molar-refractivity contribution in [1.29, 1.82) is 0 Å². The van der Waals surface area contributed by atoms with Crippen LogP contribution in [0, 0.1) is 5.82 Å². The molecule has 0 aromatic carbocycles. The van der Waals surface area contributed by atoms with Crippen LogP contribution in [0.15, 0.2) is 17.2 Å². The number of sulfonamides is 1. The van der Waals surface area contributed by atoms with E-state index in [9.17, 15) is 12.8 Å². The Labute approximate surface area is 93.2 Å². The van der Waals surface area contributed by atoms with E-state index in [0.29, 0.717) is 0 Å². The van der Waals surface area contributed by atoms with Crippen LogP contribution in [0.25, 0.3) is 0 Å². The van der Waals surface area contributed by atoms with Crippen LogP contribution in [0.4, 0.5) is 4.39 Å². The summed E-state index contributed by atoms with van der Waals surface area (Å²) in [5, 5.41) is 0. The van der Waals surface area contributed by atoms with Crippen LogP contribution in [0.2, 0.25) is 0 Å². The van der Waals surface area contributed by atoms with Gasteiger partial charge >= 0.3 is 0 Å². The first kappa shape index (κ1) is 9.98. The molecule has 0 atom stereocenters. The minimum absolute atomic E-state index is 0. The molecular weight excluding hydrogens is 235 g/mol. The van der Waals surface area contributed by atoms with E-state index in [2.05, 4.69) is 9.71 Å². The Kier molecular flexibility index (Phi) is 1.82. The zero-order chi connectivity index (χ0) is 11.4. The number of halogens is 1. The van der Waals surface area contributed by atoms with Gasteiger partial charge in [0.2, 0.25) is 15.9 Å². The molecule has 88 valence electrons. The second kappa shape index (κ2) is 2.92. The Balaban J connectivity index is 0.00000108. The Morgan fingerprint density at radius 1 is 1.56 bits per heavy atom. The normalized spacial score (nSPS) is 24.3. The first-order valence-electron chi connectivity index (χ1n) is 4.85. The van der Waals surface area contributed by atoms with Gasteiger partial charge < -0.3 is 4.74 Å². The van der Waals surface area contributed by atoms with Crippen molar-refractivity contribution in [1.82, 2.24) is 9.71 Å². The topological polar surface area (TPSA) is 68.3 Å². The Morgan fingerprint density at radius 2 is 2.31 bits per heavy atom. The van der Waals surface area contributed by atoms with Gasteiger partial charge in [-0.25, -0.2) is 22.5 Å². The highest BCUT2D eigenvalue weighted by Crippen LogP contribution is 2.42. The molecular formula is C9H11FN2O3S. The molecule has 1 spiro atoms. The van der Waals surface area contributed by atoms with Crippen molar-refractivity contribution in [2.45, 2.75) is 23.3 Å². The summed E-state index contributed by atoms with van der Waals surface area (Å²) < 4.78 is 44.4. The molecule has 2 heterocycles. The molecule has 16 heavy (non-hydrogen) atoms. The number of ether oxygens (including phenoxy) is 1.